The maximum atomic E-state index is 12.8. The van der Waals surface area contributed by atoms with Crippen LogP contribution in [-0.4, -0.2) is 40.7 Å². The SMILES string of the molecule is COc1cccc(C2CC(O)CN2C(=O)c2ccc(C#N)cn2)c1. The first kappa shape index (κ1) is 16.0. The van der Waals surface area contributed by atoms with Gasteiger partial charge >= 0.3 is 0 Å². The summed E-state index contributed by atoms with van der Waals surface area (Å²) in [7, 11) is 1.59. The van der Waals surface area contributed by atoms with Gasteiger partial charge < -0.3 is 14.7 Å². The van der Waals surface area contributed by atoms with Crippen molar-refractivity contribution in [3.05, 3.63) is 59.4 Å². The summed E-state index contributed by atoms with van der Waals surface area (Å²) in [5.41, 5.74) is 1.57. The zero-order valence-corrected chi connectivity index (χ0v) is 13.2. The van der Waals surface area contributed by atoms with Gasteiger partial charge in [-0.05, 0) is 36.2 Å². The lowest BCUT2D eigenvalue weighted by atomic mass is 10.0. The van der Waals surface area contributed by atoms with E-state index < -0.39 is 6.10 Å². The van der Waals surface area contributed by atoms with Crippen LogP contribution < -0.4 is 4.74 Å². The van der Waals surface area contributed by atoms with E-state index in [1.165, 1.54) is 12.3 Å². The first-order valence-electron chi connectivity index (χ1n) is 7.61. The second-order valence-corrected chi connectivity index (χ2v) is 5.68. The molecule has 122 valence electrons. The summed E-state index contributed by atoms with van der Waals surface area (Å²) >= 11 is 0. The topological polar surface area (TPSA) is 86.5 Å². The molecule has 1 fully saturated rings. The number of likely N-dealkylation sites (tertiary alicyclic amines) is 1. The number of carbonyl (C=O) groups is 1. The molecule has 2 heterocycles. The van der Waals surface area contributed by atoms with Gasteiger partial charge in [0, 0.05) is 12.7 Å². The Morgan fingerprint density at radius 2 is 2.25 bits per heavy atom. The number of ether oxygens (including phenoxy) is 1. The van der Waals surface area contributed by atoms with Gasteiger partial charge in [-0.15, -0.1) is 0 Å². The molecule has 24 heavy (non-hydrogen) atoms. The lowest BCUT2D eigenvalue weighted by Gasteiger charge is -2.24. The number of nitrogens with zero attached hydrogens (tertiary/aromatic N) is 3. The first-order valence-corrected chi connectivity index (χ1v) is 7.61. The van der Waals surface area contributed by atoms with Crippen LogP contribution in [0.2, 0.25) is 0 Å². The van der Waals surface area contributed by atoms with Crippen molar-refractivity contribution in [3.63, 3.8) is 0 Å². The van der Waals surface area contributed by atoms with E-state index in [2.05, 4.69) is 4.98 Å². The fourth-order valence-electron chi connectivity index (χ4n) is 2.94. The highest BCUT2D eigenvalue weighted by molar-refractivity contribution is 5.93. The molecular formula is C18H17N3O3. The number of carbonyl (C=O) groups excluding carboxylic acids is 1. The zero-order valence-electron chi connectivity index (χ0n) is 13.2. The number of β-amino-alcohol motifs (C(OH)–C–C–N with tert-alkyl or cyclic N) is 1. The molecule has 3 rings (SSSR count). The Bertz CT molecular complexity index is 783. The van der Waals surface area contributed by atoms with E-state index in [0.717, 1.165) is 5.56 Å². The highest BCUT2D eigenvalue weighted by Crippen LogP contribution is 2.34. The van der Waals surface area contributed by atoms with Crippen molar-refractivity contribution in [2.45, 2.75) is 18.6 Å². The molecule has 0 spiro atoms. The molecule has 0 aliphatic carbocycles. The van der Waals surface area contributed by atoms with Crippen molar-refractivity contribution in [1.29, 1.82) is 5.26 Å². The van der Waals surface area contributed by atoms with Crippen LogP contribution in [-0.2, 0) is 0 Å². The van der Waals surface area contributed by atoms with E-state index in [0.29, 0.717) is 17.7 Å². The third-order valence-corrected chi connectivity index (χ3v) is 4.13. The molecule has 0 radical (unpaired) electrons. The van der Waals surface area contributed by atoms with Crippen LogP contribution >= 0.6 is 0 Å². The van der Waals surface area contributed by atoms with Gasteiger partial charge in [-0.3, -0.25) is 4.79 Å². The van der Waals surface area contributed by atoms with Gasteiger partial charge in [0.25, 0.3) is 5.91 Å². The summed E-state index contributed by atoms with van der Waals surface area (Å²) in [5, 5.41) is 18.9. The number of methoxy groups -OCH3 is 1. The molecule has 2 unspecified atom stereocenters. The summed E-state index contributed by atoms with van der Waals surface area (Å²) in [6.45, 7) is 0.252. The summed E-state index contributed by atoms with van der Waals surface area (Å²) in [6.07, 6.45) is 1.26. The van der Waals surface area contributed by atoms with Crippen LogP contribution in [0.25, 0.3) is 0 Å². The molecular weight excluding hydrogens is 306 g/mol. The second kappa shape index (κ2) is 6.69. The molecule has 6 nitrogen and oxygen atoms in total. The molecule has 1 aromatic carbocycles. The molecule has 0 saturated carbocycles. The van der Waals surface area contributed by atoms with E-state index in [-0.39, 0.29) is 24.2 Å². The van der Waals surface area contributed by atoms with E-state index in [1.807, 2.05) is 30.3 Å². The number of amides is 1. The minimum atomic E-state index is -0.580. The Morgan fingerprint density at radius 1 is 1.42 bits per heavy atom. The quantitative estimate of drug-likeness (QED) is 0.932. The summed E-state index contributed by atoms with van der Waals surface area (Å²) in [4.78, 5) is 18.4. The maximum absolute atomic E-state index is 12.8. The fourth-order valence-corrected chi connectivity index (χ4v) is 2.94. The Kier molecular flexibility index (Phi) is 4.45. The Hall–Kier alpha value is -2.91. The van der Waals surface area contributed by atoms with Gasteiger partial charge in [0.1, 0.15) is 17.5 Å². The van der Waals surface area contributed by atoms with Crippen LogP contribution in [0, 0.1) is 11.3 Å². The summed E-state index contributed by atoms with van der Waals surface area (Å²) in [6, 6.07) is 12.3. The van der Waals surface area contributed by atoms with Crippen molar-refractivity contribution < 1.29 is 14.6 Å². The Balaban J connectivity index is 1.89. The number of aliphatic hydroxyl groups is 1. The monoisotopic (exact) mass is 323 g/mol. The van der Waals surface area contributed by atoms with Gasteiger partial charge in [-0.1, -0.05) is 12.1 Å². The molecule has 1 N–H and O–H groups in total. The highest BCUT2D eigenvalue weighted by Gasteiger charge is 2.36. The third kappa shape index (κ3) is 3.07. The summed E-state index contributed by atoms with van der Waals surface area (Å²) < 4.78 is 5.24. The zero-order chi connectivity index (χ0) is 17.1. The number of nitriles is 1. The maximum Gasteiger partial charge on any atom is 0.273 e. The lowest BCUT2D eigenvalue weighted by molar-refractivity contribution is 0.0709. The van der Waals surface area contributed by atoms with Crippen LogP contribution in [0.5, 0.6) is 5.75 Å². The first-order chi connectivity index (χ1) is 11.6. The summed E-state index contributed by atoms with van der Waals surface area (Å²) in [5.74, 6) is 0.446. The third-order valence-electron chi connectivity index (χ3n) is 4.13. The van der Waals surface area contributed by atoms with E-state index in [1.54, 1.807) is 18.1 Å². The molecule has 6 heteroatoms. The van der Waals surface area contributed by atoms with E-state index in [9.17, 15) is 9.90 Å². The number of benzene rings is 1. The van der Waals surface area contributed by atoms with Crippen molar-refractivity contribution in [1.82, 2.24) is 9.88 Å². The molecule has 0 bridgehead atoms. The average Bonchev–Trinajstić information content (AvgIpc) is 3.03. The number of pyridine rings is 1. The molecule has 1 aliphatic heterocycles. The highest BCUT2D eigenvalue weighted by atomic mass is 16.5. The van der Waals surface area contributed by atoms with Crippen molar-refractivity contribution in [3.8, 4) is 11.8 Å². The van der Waals surface area contributed by atoms with Crippen LogP contribution in [0.3, 0.4) is 0 Å². The second-order valence-electron chi connectivity index (χ2n) is 5.68. The lowest BCUT2D eigenvalue weighted by Crippen LogP contribution is -2.32. The van der Waals surface area contributed by atoms with Crippen molar-refractivity contribution in [2.24, 2.45) is 0 Å². The molecule has 1 aromatic heterocycles. The smallest absolute Gasteiger partial charge is 0.273 e. The van der Waals surface area contributed by atoms with Crippen LogP contribution in [0.15, 0.2) is 42.6 Å². The minimum Gasteiger partial charge on any atom is -0.497 e. The molecule has 1 aliphatic rings. The standard InChI is InChI=1S/C18H17N3O3/c1-24-15-4-2-3-13(7-15)17-8-14(22)11-21(17)18(23)16-6-5-12(9-19)10-20-16/h2-7,10,14,17,22H,8,11H2,1H3. The minimum absolute atomic E-state index is 0.236. The van der Waals surface area contributed by atoms with Gasteiger partial charge in [0.05, 0.1) is 24.8 Å². The number of aliphatic hydroxyl groups excluding tert-OH is 1. The fraction of sp³-hybridized carbons (Fsp3) is 0.278. The predicted molar refractivity (Wildman–Crippen MR) is 86.3 cm³/mol. The van der Waals surface area contributed by atoms with Crippen LogP contribution in [0.4, 0.5) is 0 Å². The van der Waals surface area contributed by atoms with E-state index >= 15 is 0 Å². The van der Waals surface area contributed by atoms with Gasteiger partial charge in [-0.25, -0.2) is 4.98 Å². The van der Waals surface area contributed by atoms with Crippen LogP contribution in [0.1, 0.15) is 34.1 Å². The predicted octanol–water partition coefficient (Wildman–Crippen LogP) is 1.91. The Morgan fingerprint density at radius 3 is 2.92 bits per heavy atom. The van der Waals surface area contributed by atoms with Crippen molar-refractivity contribution in [2.75, 3.05) is 13.7 Å². The van der Waals surface area contributed by atoms with Crippen molar-refractivity contribution >= 4 is 5.91 Å². The molecule has 1 saturated heterocycles. The van der Waals surface area contributed by atoms with E-state index in [4.69, 9.17) is 10.00 Å². The molecule has 1 amide bonds. The Labute approximate surface area is 139 Å². The molecule has 2 aromatic rings. The van der Waals surface area contributed by atoms with Gasteiger partial charge in [0.15, 0.2) is 0 Å². The number of hydrogen-bond donors (Lipinski definition) is 1. The number of rotatable bonds is 3. The van der Waals surface area contributed by atoms with Gasteiger partial charge in [0.2, 0.25) is 0 Å². The van der Waals surface area contributed by atoms with Gasteiger partial charge in [-0.2, -0.15) is 5.26 Å². The average molecular weight is 323 g/mol. The largest absolute Gasteiger partial charge is 0.497 e. The number of hydrogen-bond acceptors (Lipinski definition) is 5. The molecule has 2 atom stereocenters. The number of aromatic nitrogens is 1. The normalized spacial score (nSPS) is 19.8.